The van der Waals surface area contributed by atoms with Crippen molar-refractivity contribution in [2.45, 2.75) is 20.3 Å². The molecule has 0 bridgehead atoms. The molecule has 0 aliphatic rings. The molecule has 0 aliphatic heterocycles. The van der Waals surface area contributed by atoms with Crippen molar-refractivity contribution in [2.24, 2.45) is 0 Å². The van der Waals surface area contributed by atoms with E-state index < -0.39 is 0 Å². The second-order valence-electron chi connectivity index (χ2n) is 6.32. The summed E-state index contributed by atoms with van der Waals surface area (Å²) >= 11 is 3.38. The summed E-state index contributed by atoms with van der Waals surface area (Å²) in [6.45, 7) is 4.42. The Bertz CT molecular complexity index is 896. The molecule has 0 atom stereocenters. The number of carbonyl (C=O) groups excluding carboxylic acids is 2. The minimum atomic E-state index is -0.363. The zero-order chi connectivity index (χ0) is 21.2. The number of rotatable bonds is 9. The third-order valence-electron chi connectivity index (χ3n) is 3.96. The summed E-state index contributed by atoms with van der Waals surface area (Å²) in [5.74, 6) is 0.607. The number of halogens is 1. The number of carbonyl (C=O) groups is 2. The lowest BCUT2D eigenvalue weighted by Gasteiger charge is -2.10. The molecule has 0 radical (unpaired) electrons. The molecule has 29 heavy (non-hydrogen) atoms. The number of ether oxygens (including phenoxy) is 2. The van der Waals surface area contributed by atoms with Crippen molar-refractivity contribution >= 4 is 39.5 Å². The highest BCUT2D eigenvalue weighted by atomic mass is 79.9. The number of benzene rings is 2. The van der Waals surface area contributed by atoms with Crippen molar-refractivity contribution < 1.29 is 19.1 Å². The molecule has 0 spiro atoms. The van der Waals surface area contributed by atoms with Gasteiger partial charge in [-0.3, -0.25) is 9.59 Å². The molecule has 2 rings (SSSR count). The van der Waals surface area contributed by atoms with Gasteiger partial charge in [-0.15, -0.1) is 0 Å². The Kier molecular flexibility index (Phi) is 8.73. The van der Waals surface area contributed by atoms with Gasteiger partial charge in [0.05, 0.1) is 20.3 Å². The van der Waals surface area contributed by atoms with Crippen molar-refractivity contribution in [2.75, 3.05) is 25.6 Å². The van der Waals surface area contributed by atoms with Crippen LogP contribution in [0, 0.1) is 6.92 Å². The highest BCUT2D eigenvalue weighted by Gasteiger charge is 2.07. The average Bonchev–Trinajstić information content (AvgIpc) is 2.71. The maximum atomic E-state index is 12.0. The van der Waals surface area contributed by atoms with Gasteiger partial charge < -0.3 is 20.1 Å². The summed E-state index contributed by atoms with van der Waals surface area (Å²) in [6.07, 6.45) is 3.93. The SMILES string of the molecule is CCCOc1ccc(/C=C/C(=O)NCC(=O)Nc2ccc(Br)cc2C)cc1OC. The maximum Gasteiger partial charge on any atom is 0.244 e. The topological polar surface area (TPSA) is 76.7 Å². The Morgan fingerprint density at radius 3 is 2.62 bits per heavy atom. The van der Waals surface area contributed by atoms with Crippen LogP contribution < -0.4 is 20.1 Å². The maximum absolute atomic E-state index is 12.0. The molecular formula is C22H25BrN2O4. The molecule has 7 heteroatoms. The number of amides is 2. The first-order chi connectivity index (χ1) is 13.9. The summed E-state index contributed by atoms with van der Waals surface area (Å²) in [4.78, 5) is 24.1. The summed E-state index contributed by atoms with van der Waals surface area (Å²) in [5, 5.41) is 5.34. The van der Waals surface area contributed by atoms with Crippen LogP contribution in [-0.2, 0) is 9.59 Å². The van der Waals surface area contributed by atoms with Gasteiger partial charge in [-0.1, -0.05) is 28.9 Å². The molecule has 2 N–H and O–H groups in total. The molecule has 0 fully saturated rings. The summed E-state index contributed by atoms with van der Waals surface area (Å²) in [7, 11) is 1.57. The van der Waals surface area contributed by atoms with Crippen LogP contribution in [0.25, 0.3) is 6.08 Å². The van der Waals surface area contributed by atoms with Crippen LogP contribution in [0.5, 0.6) is 11.5 Å². The number of hydrogen-bond donors (Lipinski definition) is 2. The van der Waals surface area contributed by atoms with Crippen molar-refractivity contribution in [1.29, 1.82) is 0 Å². The van der Waals surface area contributed by atoms with E-state index in [2.05, 4.69) is 26.6 Å². The Labute approximate surface area is 179 Å². The fourth-order valence-corrected chi connectivity index (χ4v) is 2.95. The van der Waals surface area contributed by atoms with Gasteiger partial charge in [0.25, 0.3) is 0 Å². The van der Waals surface area contributed by atoms with Gasteiger partial charge in [0.1, 0.15) is 0 Å². The van der Waals surface area contributed by atoms with Crippen LogP contribution in [0.15, 0.2) is 46.9 Å². The zero-order valence-corrected chi connectivity index (χ0v) is 18.3. The van der Waals surface area contributed by atoms with E-state index in [1.807, 2.05) is 32.0 Å². The van der Waals surface area contributed by atoms with E-state index in [1.54, 1.807) is 31.4 Å². The van der Waals surface area contributed by atoms with Crippen LogP contribution >= 0.6 is 15.9 Å². The van der Waals surface area contributed by atoms with Gasteiger partial charge in [-0.05, 0) is 60.9 Å². The molecule has 2 aromatic rings. The van der Waals surface area contributed by atoms with Gasteiger partial charge in [-0.2, -0.15) is 0 Å². The van der Waals surface area contributed by atoms with Crippen molar-refractivity contribution in [3.05, 3.63) is 58.1 Å². The number of aryl methyl sites for hydroxylation is 1. The minimum absolute atomic E-state index is 0.119. The summed E-state index contributed by atoms with van der Waals surface area (Å²) in [5.41, 5.74) is 2.43. The standard InChI is InChI=1S/C22H25BrN2O4/c1-4-11-29-19-9-5-16(13-20(19)28-3)6-10-21(26)24-14-22(27)25-18-8-7-17(23)12-15(18)2/h5-10,12-13H,4,11,14H2,1-3H3,(H,24,26)(H,25,27)/b10-6+. The van der Waals surface area contributed by atoms with E-state index in [1.165, 1.54) is 6.08 Å². The van der Waals surface area contributed by atoms with Gasteiger partial charge >= 0.3 is 0 Å². The highest BCUT2D eigenvalue weighted by molar-refractivity contribution is 9.10. The predicted octanol–water partition coefficient (Wildman–Crippen LogP) is 4.32. The molecule has 2 amide bonds. The van der Waals surface area contributed by atoms with Crippen LogP contribution in [0.1, 0.15) is 24.5 Å². The molecule has 0 aliphatic carbocycles. The van der Waals surface area contributed by atoms with E-state index in [4.69, 9.17) is 9.47 Å². The first kappa shape index (κ1) is 22.5. The van der Waals surface area contributed by atoms with Crippen molar-refractivity contribution in [3.63, 3.8) is 0 Å². The third kappa shape index (κ3) is 7.27. The predicted molar refractivity (Wildman–Crippen MR) is 118 cm³/mol. The largest absolute Gasteiger partial charge is 0.493 e. The van der Waals surface area contributed by atoms with E-state index in [9.17, 15) is 9.59 Å². The Morgan fingerprint density at radius 1 is 1.14 bits per heavy atom. The van der Waals surface area contributed by atoms with Crippen molar-refractivity contribution in [1.82, 2.24) is 5.32 Å². The minimum Gasteiger partial charge on any atom is -0.493 e. The van der Waals surface area contributed by atoms with E-state index in [-0.39, 0.29) is 18.4 Å². The lowest BCUT2D eigenvalue weighted by molar-refractivity contribution is -0.121. The van der Waals surface area contributed by atoms with E-state index in [0.717, 1.165) is 22.0 Å². The normalized spacial score (nSPS) is 10.6. The second kappa shape index (κ2) is 11.3. The zero-order valence-electron chi connectivity index (χ0n) is 16.8. The number of anilines is 1. The van der Waals surface area contributed by atoms with Crippen LogP contribution in [0.3, 0.4) is 0 Å². The van der Waals surface area contributed by atoms with Crippen LogP contribution in [0.4, 0.5) is 5.69 Å². The quantitative estimate of drug-likeness (QED) is 0.546. The molecule has 154 valence electrons. The molecule has 0 unspecified atom stereocenters. The van der Waals surface area contributed by atoms with Crippen LogP contribution in [0.2, 0.25) is 0 Å². The third-order valence-corrected chi connectivity index (χ3v) is 4.46. The molecule has 2 aromatic carbocycles. The Hall–Kier alpha value is -2.80. The fraction of sp³-hybridized carbons (Fsp3) is 0.273. The summed E-state index contributed by atoms with van der Waals surface area (Å²) < 4.78 is 11.9. The molecule has 6 nitrogen and oxygen atoms in total. The second-order valence-corrected chi connectivity index (χ2v) is 7.23. The van der Waals surface area contributed by atoms with Crippen molar-refractivity contribution in [3.8, 4) is 11.5 Å². The number of nitrogens with one attached hydrogen (secondary N) is 2. The van der Waals surface area contributed by atoms with E-state index in [0.29, 0.717) is 23.8 Å². The van der Waals surface area contributed by atoms with Gasteiger partial charge in [0.2, 0.25) is 11.8 Å². The fourth-order valence-electron chi connectivity index (χ4n) is 2.48. The molecular weight excluding hydrogens is 436 g/mol. The lowest BCUT2D eigenvalue weighted by atomic mass is 10.2. The molecule has 0 aromatic heterocycles. The monoisotopic (exact) mass is 460 g/mol. The number of methoxy groups -OCH3 is 1. The van der Waals surface area contributed by atoms with Gasteiger partial charge in [0, 0.05) is 16.2 Å². The average molecular weight is 461 g/mol. The Morgan fingerprint density at radius 2 is 1.93 bits per heavy atom. The first-order valence-electron chi connectivity index (χ1n) is 9.25. The van der Waals surface area contributed by atoms with Gasteiger partial charge in [-0.25, -0.2) is 0 Å². The Balaban J connectivity index is 1.88. The first-order valence-corrected chi connectivity index (χ1v) is 10.0. The summed E-state index contributed by atoms with van der Waals surface area (Å²) in [6, 6.07) is 11.0. The van der Waals surface area contributed by atoms with E-state index >= 15 is 0 Å². The van der Waals surface area contributed by atoms with Crippen LogP contribution in [-0.4, -0.2) is 32.1 Å². The molecule has 0 saturated carbocycles. The van der Waals surface area contributed by atoms with Gasteiger partial charge in [0.15, 0.2) is 11.5 Å². The molecule has 0 saturated heterocycles. The smallest absolute Gasteiger partial charge is 0.244 e. The highest BCUT2D eigenvalue weighted by Crippen LogP contribution is 2.28. The number of hydrogen-bond acceptors (Lipinski definition) is 4. The molecule has 0 heterocycles. The lowest BCUT2D eigenvalue weighted by Crippen LogP contribution is -2.31.